The molecule has 2 heterocycles. The van der Waals surface area contributed by atoms with Crippen molar-refractivity contribution in [1.29, 1.82) is 0 Å². The molecule has 0 bridgehead atoms. The Bertz CT molecular complexity index is 363. The van der Waals surface area contributed by atoms with E-state index in [0.29, 0.717) is 16.8 Å². The van der Waals surface area contributed by atoms with Gasteiger partial charge in [0.25, 0.3) is 5.91 Å². The molecule has 1 atom stereocenters. The van der Waals surface area contributed by atoms with Crippen LogP contribution < -0.4 is 5.32 Å². The number of nitrogens with one attached hydrogen (secondary N) is 2. The number of nitrogens with zero attached hydrogens (tertiary/aromatic N) is 1. The Balaban J connectivity index is 2.07. The molecule has 0 saturated carbocycles. The summed E-state index contributed by atoms with van der Waals surface area (Å²) in [4.78, 5) is 16.7. The number of aromatic nitrogens is 1. The van der Waals surface area contributed by atoms with Crippen molar-refractivity contribution in [2.45, 2.75) is 13.0 Å². The van der Waals surface area contributed by atoms with Crippen LogP contribution in [0.1, 0.15) is 17.4 Å². The third kappa shape index (κ3) is 2.33. The van der Waals surface area contributed by atoms with Crippen LogP contribution in [0.5, 0.6) is 0 Å². The van der Waals surface area contributed by atoms with Crippen LogP contribution in [-0.4, -0.2) is 41.5 Å². The molecule has 4 nitrogen and oxygen atoms in total. The van der Waals surface area contributed by atoms with Gasteiger partial charge < -0.3 is 15.2 Å². The molecule has 1 amide bonds. The molecule has 0 aromatic carbocycles. The third-order valence-electron chi connectivity index (χ3n) is 2.53. The predicted molar refractivity (Wildman–Crippen MR) is 59.2 cm³/mol. The Kier molecular flexibility index (Phi) is 2.98. The summed E-state index contributed by atoms with van der Waals surface area (Å²) in [5.74, 6) is 0.0234. The fourth-order valence-corrected chi connectivity index (χ4v) is 1.94. The zero-order valence-corrected chi connectivity index (χ0v) is 9.34. The highest BCUT2D eigenvalue weighted by Gasteiger charge is 2.22. The zero-order chi connectivity index (χ0) is 10.8. The molecule has 0 spiro atoms. The lowest BCUT2D eigenvalue weighted by Gasteiger charge is -2.31. The van der Waals surface area contributed by atoms with Gasteiger partial charge in [0.05, 0.1) is 5.02 Å². The summed E-state index contributed by atoms with van der Waals surface area (Å²) in [6.45, 7) is 4.41. The van der Waals surface area contributed by atoms with Crippen LogP contribution in [0.3, 0.4) is 0 Å². The van der Waals surface area contributed by atoms with E-state index in [4.69, 9.17) is 11.6 Å². The van der Waals surface area contributed by atoms with Crippen LogP contribution in [0.4, 0.5) is 0 Å². The lowest BCUT2D eigenvalue weighted by atomic mass is 10.2. The summed E-state index contributed by atoms with van der Waals surface area (Å²) in [5.41, 5.74) is 0.564. The SMILES string of the molecule is C[C@H]1CN(C(=O)c2cc(Cl)c[nH]2)CCN1. The van der Waals surface area contributed by atoms with Crippen LogP contribution in [0, 0.1) is 0 Å². The van der Waals surface area contributed by atoms with Gasteiger partial charge in [-0.25, -0.2) is 0 Å². The van der Waals surface area contributed by atoms with E-state index < -0.39 is 0 Å². The summed E-state index contributed by atoms with van der Waals surface area (Å²) in [5, 5.41) is 3.86. The van der Waals surface area contributed by atoms with E-state index in [1.165, 1.54) is 0 Å². The molecule has 2 N–H and O–H groups in total. The molecule has 5 heteroatoms. The van der Waals surface area contributed by atoms with Crippen LogP contribution in [0.2, 0.25) is 5.02 Å². The lowest BCUT2D eigenvalue weighted by molar-refractivity contribution is 0.0704. The number of halogens is 1. The Morgan fingerprint density at radius 2 is 2.47 bits per heavy atom. The van der Waals surface area contributed by atoms with Crippen molar-refractivity contribution in [2.24, 2.45) is 0 Å². The van der Waals surface area contributed by atoms with Crippen molar-refractivity contribution in [3.05, 3.63) is 23.0 Å². The number of hydrogen-bond acceptors (Lipinski definition) is 2. The highest BCUT2D eigenvalue weighted by Crippen LogP contribution is 2.12. The standard InChI is InChI=1S/C10H14ClN3O/c1-7-6-14(3-2-12-7)10(15)9-4-8(11)5-13-9/h4-5,7,12-13H,2-3,6H2,1H3/t7-/m0/s1. The van der Waals surface area contributed by atoms with Gasteiger partial charge in [-0.2, -0.15) is 0 Å². The number of rotatable bonds is 1. The second kappa shape index (κ2) is 4.24. The fourth-order valence-electron chi connectivity index (χ4n) is 1.78. The molecular formula is C10H14ClN3O. The first-order valence-electron chi connectivity index (χ1n) is 5.03. The summed E-state index contributed by atoms with van der Waals surface area (Å²) in [6.07, 6.45) is 1.63. The first kappa shape index (κ1) is 10.5. The summed E-state index contributed by atoms with van der Waals surface area (Å²) < 4.78 is 0. The maximum Gasteiger partial charge on any atom is 0.270 e. The molecule has 0 unspecified atom stereocenters. The van der Waals surface area contributed by atoms with Gasteiger partial charge in [-0.05, 0) is 13.0 Å². The first-order valence-corrected chi connectivity index (χ1v) is 5.41. The van der Waals surface area contributed by atoms with Crippen LogP contribution >= 0.6 is 11.6 Å². The van der Waals surface area contributed by atoms with E-state index in [0.717, 1.165) is 19.6 Å². The Morgan fingerprint density at radius 1 is 1.67 bits per heavy atom. The number of piperazine rings is 1. The minimum absolute atomic E-state index is 0.0234. The summed E-state index contributed by atoms with van der Waals surface area (Å²) in [6, 6.07) is 2.02. The van der Waals surface area contributed by atoms with Gasteiger partial charge >= 0.3 is 0 Å². The van der Waals surface area contributed by atoms with Gasteiger partial charge in [0, 0.05) is 31.9 Å². The van der Waals surface area contributed by atoms with E-state index in [9.17, 15) is 4.79 Å². The van der Waals surface area contributed by atoms with Crippen molar-refractivity contribution >= 4 is 17.5 Å². The minimum Gasteiger partial charge on any atom is -0.356 e. The van der Waals surface area contributed by atoms with Crippen LogP contribution in [0.15, 0.2) is 12.3 Å². The molecule has 2 rings (SSSR count). The second-order valence-corrected chi connectivity index (χ2v) is 4.27. The van der Waals surface area contributed by atoms with Crippen molar-refractivity contribution in [2.75, 3.05) is 19.6 Å². The number of aromatic amines is 1. The molecule has 1 saturated heterocycles. The quantitative estimate of drug-likeness (QED) is 0.755. The maximum absolute atomic E-state index is 12.0. The Hall–Kier alpha value is -1.00. The lowest BCUT2D eigenvalue weighted by Crippen LogP contribution is -2.51. The van der Waals surface area contributed by atoms with Gasteiger partial charge in [0.1, 0.15) is 5.69 Å². The maximum atomic E-state index is 12.0. The van der Waals surface area contributed by atoms with E-state index in [1.807, 2.05) is 4.90 Å². The van der Waals surface area contributed by atoms with Crippen molar-refractivity contribution < 1.29 is 4.79 Å². The van der Waals surface area contributed by atoms with Gasteiger partial charge in [0.15, 0.2) is 0 Å². The number of carbonyl (C=O) groups is 1. The minimum atomic E-state index is 0.0234. The Morgan fingerprint density at radius 3 is 3.07 bits per heavy atom. The van der Waals surface area contributed by atoms with Crippen LogP contribution in [0.25, 0.3) is 0 Å². The van der Waals surface area contributed by atoms with Crippen molar-refractivity contribution in [3.63, 3.8) is 0 Å². The van der Waals surface area contributed by atoms with Gasteiger partial charge in [0.2, 0.25) is 0 Å². The molecular weight excluding hydrogens is 214 g/mol. The highest BCUT2D eigenvalue weighted by atomic mass is 35.5. The van der Waals surface area contributed by atoms with Gasteiger partial charge in [-0.1, -0.05) is 11.6 Å². The van der Waals surface area contributed by atoms with Gasteiger partial charge in [-0.15, -0.1) is 0 Å². The van der Waals surface area contributed by atoms with E-state index >= 15 is 0 Å². The van der Waals surface area contributed by atoms with Crippen LogP contribution in [-0.2, 0) is 0 Å². The van der Waals surface area contributed by atoms with E-state index in [-0.39, 0.29) is 5.91 Å². The third-order valence-corrected chi connectivity index (χ3v) is 2.75. The summed E-state index contributed by atoms with van der Waals surface area (Å²) in [7, 11) is 0. The molecule has 15 heavy (non-hydrogen) atoms. The Labute approximate surface area is 93.6 Å². The zero-order valence-electron chi connectivity index (χ0n) is 8.59. The monoisotopic (exact) mass is 227 g/mol. The largest absolute Gasteiger partial charge is 0.356 e. The molecule has 0 radical (unpaired) electrons. The highest BCUT2D eigenvalue weighted by molar-refractivity contribution is 6.30. The summed E-state index contributed by atoms with van der Waals surface area (Å²) >= 11 is 5.76. The number of H-pyrrole nitrogens is 1. The topological polar surface area (TPSA) is 48.1 Å². The molecule has 1 fully saturated rings. The average Bonchev–Trinajstić information content (AvgIpc) is 2.64. The number of carbonyl (C=O) groups excluding carboxylic acids is 1. The molecule has 1 aromatic rings. The number of hydrogen-bond donors (Lipinski definition) is 2. The van der Waals surface area contributed by atoms with E-state index in [2.05, 4.69) is 17.2 Å². The smallest absolute Gasteiger partial charge is 0.270 e. The molecule has 1 aliphatic rings. The van der Waals surface area contributed by atoms with Gasteiger partial charge in [-0.3, -0.25) is 4.79 Å². The molecule has 1 aliphatic heterocycles. The first-order chi connectivity index (χ1) is 7.16. The molecule has 1 aromatic heterocycles. The van der Waals surface area contributed by atoms with Crippen molar-refractivity contribution in [1.82, 2.24) is 15.2 Å². The fraction of sp³-hybridized carbons (Fsp3) is 0.500. The average molecular weight is 228 g/mol. The number of amides is 1. The predicted octanol–water partition coefficient (Wildman–Crippen LogP) is 1.10. The van der Waals surface area contributed by atoms with E-state index in [1.54, 1.807) is 12.3 Å². The normalized spacial score (nSPS) is 21.7. The second-order valence-electron chi connectivity index (χ2n) is 3.84. The molecule has 0 aliphatic carbocycles. The van der Waals surface area contributed by atoms with Crippen molar-refractivity contribution in [3.8, 4) is 0 Å². The molecule has 82 valence electrons.